The van der Waals surface area contributed by atoms with Crippen molar-refractivity contribution in [1.82, 2.24) is 15.8 Å². The highest BCUT2D eigenvalue weighted by Crippen LogP contribution is 2.31. The van der Waals surface area contributed by atoms with E-state index in [0.29, 0.717) is 27.6 Å². The second-order valence-corrected chi connectivity index (χ2v) is 5.85. The van der Waals surface area contributed by atoms with Crippen LogP contribution in [-0.2, 0) is 0 Å². The summed E-state index contributed by atoms with van der Waals surface area (Å²) >= 11 is 6.21. The quantitative estimate of drug-likeness (QED) is 0.886. The minimum Gasteiger partial charge on any atom is -0.360 e. The summed E-state index contributed by atoms with van der Waals surface area (Å²) in [7, 11) is 0. The van der Waals surface area contributed by atoms with Gasteiger partial charge < -0.3 is 15.2 Å². The molecule has 0 saturated carbocycles. The first kappa shape index (κ1) is 17.8. The second-order valence-electron chi connectivity index (χ2n) is 5.44. The number of aromatic nitrogens is 1. The largest absolute Gasteiger partial charge is 0.360 e. The summed E-state index contributed by atoms with van der Waals surface area (Å²) in [6.45, 7) is 3.58. The monoisotopic (exact) mass is 355 g/mol. The highest BCUT2D eigenvalue weighted by atomic mass is 35.5. The van der Waals surface area contributed by atoms with E-state index in [9.17, 15) is 4.79 Å². The molecule has 1 saturated heterocycles. The van der Waals surface area contributed by atoms with Crippen LogP contribution in [0.25, 0.3) is 11.3 Å². The number of amides is 1. The van der Waals surface area contributed by atoms with Crippen LogP contribution in [0.3, 0.4) is 0 Å². The van der Waals surface area contributed by atoms with Crippen molar-refractivity contribution in [3.05, 3.63) is 40.6 Å². The standard InChI is InChI=1S/C16H18ClN3O2.ClH/c1-10-14(16(21)19-11-6-8-18-9-7-11)15(20-22-10)12-4-2-3-5-13(12)17;/h2-5,11,18H,6-9H2,1H3,(H,19,21);1H. The summed E-state index contributed by atoms with van der Waals surface area (Å²) in [5.74, 6) is 0.349. The average molecular weight is 356 g/mol. The van der Waals surface area contributed by atoms with E-state index in [4.69, 9.17) is 16.1 Å². The fraction of sp³-hybridized carbons (Fsp3) is 0.375. The Hall–Kier alpha value is -1.56. The molecule has 3 rings (SSSR count). The number of carbonyl (C=O) groups excluding carboxylic acids is 1. The summed E-state index contributed by atoms with van der Waals surface area (Å²) in [6, 6.07) is 7.49. The maximum Gasteiger partial charge on any atom is 0.257 e. The van der Waals surface area contributed by atoms with Crippen LogP contribution < -0.4 is 10.6 Å². The number of aryl methyl sites for hydroxylation is 1. The van der Waals surface area contributed by atoms with Crippen molar-refractivity contribution in [3.63, 3.8) is 0 Å². The van der Waals surface area contributed by atoms with Crippen molar-refractivity contribution in [1.29, 1.82) is 0 Å². The van der Waals surface area contributed by atoms with Crippen LogP contribution >= 0.6 is 24.0 Å². The third-order valence-electron chi connectivity index (χ3n) is 3.89. The van der Waals surface area contributed by atoms with Gasteiger partial charge in [-0.25, -0.2) is 0 Å². The molecule has 2 N–H and O–H groups in total. The number of nitrogens with zero attached hydrogens (tertiary/aromatic N) is 1. The first-order chi connectivity index (χ1) is 10.7. The van der Waals surface area contributed by atoms with E-state index in [1.165, 1.54) is 0 Å². The lowest BCUT2D eigenvalue weighted by Crippen LogP contribution is -2.42. The predicted octanol–water partition coefficient (Wildman–Crippen LogP) is 3.21. The molecule has 1 aliphatic rings. The number of nitrogens with one attached hydrogen (secondary N) is 2. The van der Waals surface area contributed by atoms with Gasteiger partial charge in [-0.2, -0.15) is 0 Å². The number of hydrogen-bond donors (Lipinski definition) is 2. The van der Waals surface area contributed by atoms with Gasteiger partial charge in [0, 0.05) is 11.6 Å². The topological polar surface area (TPSA) is 67.2 Å². The van der Waals surface area contributed by atoms with Crippen LogP contribution in [-0.4, -0.2) is 30.2 Å². The molecule has 2 aromatic rings. The third kappa shape index (κ3) is 3.86. The summed E-state index contributed by atoms with van der Waals surface area (Å²) in [6.07, 6.45) is 1.86. The fourth-order valence-electron chi connectivity index (χ4n) is 2.70. The minimum absolute atomic E-state index is 0. The number of benzene rings is 1. The lowest BCUT2D eigenvalue weighted by molar-refractivity contribution is 0.0928. The highest BCUT2D eigenvalue weighted by molar-refractivity contribution is 6.33. The summed E-state index contributed by atoms with van der Waals surface area (Å²) < 4.78 is 5.23. The molecule has 0 bridgehead atoms. The predicted molar refractivity (Wildman–Crippen MR) is 92.3 cm³/mol. The van der Waals surface area contributed by atoms with Gasteiger partial charge in [-0.1, -0.05) is 35.0 Å². The van der Waals surface area contributed by atoms with Crippen molar-refractivity contribution < 1.29 is 9.32 Å². The Bertz CT molecular complexity index is 682. The van der Waals surface area contributed by atoms with Crippen LogP contribution in [0.15, 0.2) is 28.8 Å². The van der Waals surface area contributed by atoms with E-state index in [0.717, 1.165) is 25.9 Å². The van der Waals surface area contributed by atoms with Crippen molar-refractivity contribution in [2.24, 2.45) is 0 Å². The van der Waals surface area contributed by atoms with E-state index in [2.05, 4.69) is 15.8 Å². The van der Waals surface area contributed by atoms with Crippen LogP contribution in [0, 0.1) is 6.92 Å². The van der Waals surface area contributed by atoms with E-state index in [1.807, 2.05) is 18.2 Å². The Balaban J connectivity index is 0.00000192. The Morgan fingerprint density at radius 2 is 2.04 bits per heavy atom. The molecule has 0 atom stereocenters. The highest BCUT2D eigenvalue weighted by Gasteiger charge is 2.25. The van der Waals surface area contributed by atoms with Crippen molar-refractivity contribution in [2.75, 3.05) is 13.1 Å². The molecule has 23 heavy (non-hydrogen) atoms. The molecule has 7 heteroatoms. The third-order valence-corrected chi connectivity index (χ3v) is 4.22. The van der Waals surface area contributed by atoms with Crippen LogP contribution in [0.2, 0.25) is 5.02 Å². The van der Waals surface area contributed by atoms with E-state index in [-0.39, 0.29) is 24.4 Å². The van der Waals surface area contributed by atoms with E-state index < -0.39 is 0 Å². The molecule has 1 aliphatic heterocycles. The maximum atomic E-state index is 12.6. The zero-order valence-electron chi connectivity index (χ0n) is 12.8. The van der Waals surface area contributed by atoms with E-state index in [1.54, 1.807) is 13.0 Å². The molecule has 1 fully saturated rings. The molecule has 0 aliphatic carbocycles. The van der Waals surface area contributed by atoms with Crippen LogP contribution in [0.1, 0.15) is 29.0 Å². The van der Waals surface area contributed by atoms with Gasteiger partial charge in [0.1, 0.15) is 17.0 Å². The Labute approximate surface area is 146 Å². The first-order valence-electron chi connectivity index (χ1n) is 7.39. The number of rotatable bonds is 3. The van der Waals surface area contributed by atoms with Crippen LogP contribution in [0.4, 0.5) is 0 Å². The van der Waals surface area contributed by atoms with Gasteiger partial charge in [0.25, 0.3) is 5.91 Å². The summed E-state index contributed by atoms with van der Waals surface area (Å²) in [4.78, 5) is 12.6. The molecule has 124 valence electrons. The maximum absolute atomic E-state index is 12.6. The number of piperidine rings is 1. The van der Waals surface area contributed by atoms with Crippen molar-refractivity contribution in [2.45, 2.75) is 25.8 Å². The average Bonchev–Trinajstić information content (AvgIpc) is 2.90. The second kappa shape index (κ2) is 7.81. The molecular formula is C16H19Cl2N3O2. The number of hydrogen-bond acceptors (Lipinski definition) is 4. The van der Waals surface area contributed by atoms with Crippen molar-refractivity contribution >= 4 is 29.9 Å². The zero-order valence-corrected chi connectivity index (χ0v) is 14.3. The summed E-state index contributed by atoms with van der Waals surface area (Å²) in [5, 5.41) is 10.9. The molecule has 5 nitrogen and oxygen atoms in total. The molecule has 0 unspecified atom stereocenters. The number of carbonyl (C=O) groups is 1. The molecule has 1 aromatic heterocycles. The molecule has 2 heterocycles. The van der Waals surface area contributed by atoms with E-state index >= 15 is 0 Å². The molecule has 1 amide bonds. The smallest absolute Gasteiger partial charge is 0.257 e. The van der Waals surface area contributed by atoms with Gasteiger partial charge in [0.2, 0.25) is 0 Å². The van der Waals surface area contributed by atoms with Gasteiger partial charge in [-0.3, -0.25) is 4.79 Å². The molecule has 0 spiro atoms. The molecule has 1 aromatic carbocycles. The first-order valence-corrected chi connectivity index (χ1v) is 7.77. The zero-order chi connectivity index (χ0) is 15.5. The molecule has 0 radical (unpaired) electrons. The van der Waals surface area contributed by atoms with Gasteiger partial charge in [0.05, 0.1) is 5.02 Å². The fourth-order valence-corrected chi connectivity index (χ4v) is 2.93. The molecular weight excluding hydrogens is 337 g/mol. The SMILES string of the molecule is Cc1onc(-c2ccccc2Cl)c1C(=O)NC1CCNCC1.Cl. The Morgan fingerprint density at radius 3 is 2.74 bits per heavy atom. The lowest BCUT2D eigenvalue weighted by Gasteiger charge is -2.23. The van der Waals surface area contributed by atoms with Gasteiger partial charge in [0.15, 0.2) is 0 Å². The van der Waals surface area contributed by atoms with Gasteiger partial charge in [-0.05, 0) is 38.9 Å². The van der Waals surface area contributed by atoms with Gasteiger partial charge in [-0.15, -0.1) is 12.4 Å². The Kier molecular flexibility index (Phi) is 6.04. The minimum atomic E-state index is -0.152. The normalized spacial score (nSPS) is 15.0. The lowest BCUT2D eigenvalue weighted by atomic mass is 10.0. The van der Waals surface area contributed by atoms with Crippen LogP contribution in [0.5, 0.6) is 0 Å². The Morgan fingerprint density at radius 1 is 1.35 bits per heavy atom. The number of halogens is 2. The van der Waals surface area contributed by atoms with Crippen molar-refractivity contribution in [3.8, 4) is 11.3 Å². The summed E-state index contributed by atoms with van der Waals surface area (Å²) in [5.41, 5.74) is 1.66. The van der Waals surface area contributed by atoms with Gasteiger partial charge >= 0.3 is 0 Å².